The van der Waals surface area contributed by atoms with Crippen molar-refractivity contribution in [2.24, 2.45) is 11.8 Å². The standard InChI is InChI=1S/C14H24N2O/c1-2-13(1)15-7-11-9-16(10-12(11)8-15)14-3-5-17-6-4-14/h11-14H,1-10H2. The van der Waals surface area contributed by atoms with Crippen LogP contribution in [-0.4, -0.2) is 61.3 Å². The fourth-order valence-electron chi connectivity index (χ4n) is 4.15. The molecule has 2 unspecified atom stereocenters. The molecule has 3 aliphatic heterocycles. The second-order valence-electron chi connectivity index (χ2n) is 6.50. The van der Waals surface area contributed by atoms with Crippen LogP contribution in [0.5, 0.6) is 0 Å². The first-order valence-electron chi connectivity index (χ1n) is 7.46. The molecule has 3 heteroatoms. The zero-order valence-electron chi connectivity index (χ0n) is 10.7. The number of hydrogen-bond donors (Lipinski definition) is 0. The van der Waals surface area contributed by atoms with Crippen molar-refractivity contribution < 1.29 is 4.74 Å². The van der Waals surface area contributed by atoms with E-state index >= 15 is 0 Å². The Bertz CT molecular complexity index is 272. The molecule has 4 aliphatic rings. The van der Waals surface area contributed by atoms with Crippen LogP contribution < -0.4 is 0 Å². The minimum absolute atomic E-state index is 0.837. The summed E-state index contributed by atoms with van der Waals surface area (Å²) >= 11 is 0. The lowest BCUT2D eigenvalue weighted by molar-refractivity contribution is 0.0384. The normalized spacial score (nSPS) is 40.9. The van der Waals surface area contributed by atoms with Crippen molar-refractivity contribution in [1.82, 2.24) is 9.80 Å². The van der Waals surface area contributed by atoms with Crippen molar-refractivity contribution in [2.75, 3.05) is 39.4 Å². The van der Waals surface area contributed by atoms with Gasteiger partial charge in [0.05, 0.1) is 0 Å². The summed E-state index contributed by atoms with van der Waals surface area (Å²) in [4.78, 5) is 5.55. The molecule has 4 rings (SSSR count). The molecule has 0 amide bonds. The van der Waals surface area contributed by atoms with Crippen molar-refractivity contribution in [1.29, 1.82) is 0 Å². The molecule has 0 aromatic rings. The fourth-order valence-corrected chi connectivity index (χ4v) is 4.15. The molecule has 0 spiro atoms. The Labute approximate surface area is 104 Å². The molecule has 96 valence electrons. The topological polar surface area (TPSA) is 15.7 Å². The third-order valence-corrected chi connectivity index (χ3v) is 5.31. The van der Waals surface area contributed by atoms with Crippen LogP contribution in [0.25, 0.3) is 0 Å². The number of fused-ring (bicyclic) bond motifs is 1. The number of nitrogens with zero attached hydrogens (tertiary/aromatic N) is 2. The van der Waals surface area contributed by atoms with E-state index < -0.39 is 0 Å². The van der Waals surface area contributed by atoms with Crippen LogP contribution in [0.4, 0.5) is 0 Å². The summed E-state index contributed by atoms with van der Waals surface area (Å²) in [5.41, 5.74) is 0. The molecular formula is C14H24N2O. The lowest BCUT2D eigenvalue weighted by atomic mass is 10.0. The van der Waals surface area contributed by atoms with Gasteiger partial charge in [-0.2, -0.15) is 0 Å². The first-order valence-corrected chi connectivity index (χ1v) is 7.46. The van der Waals surface area contributed by atoms with Gasteiger partial charge in [-0.1, -0.05) is 0 Å². The number of ether oxygens (including phenoxy) is 1. The van der Waals surface area contributed by atoms with E-state index in [0.29, 0.717) is 0 Å². The molecule has 17 heavy (non-hydrogen) atoms. The third-order valence-electron chi connectivity index (χ3n) is 5.31. The number of hydrogen-bond acceptors (Lipinski definition) is 3. The van der Waals surface area contributed by atoms with Crippen LogP contribution in [0, 0.1) is 11.8 Å². The highest BCUT2D eigenvalue weighted by atomic mass is 16.5. The summed E-state index contributed by atoms with van der Waals surface area (Å²) in [6.07, 6.45) is 5.49. The lowest BCUT2D eigenvalue weighted by Gasteiger charge is -2.32. The Balaban J connectivity index is 1.35. The van der Waals surface area contributed by atoms with Gasteiger partial charge in [0.1, 0.15) is 0 Å². The van der Waals surface area contributed by atoms with Crippen LogP contribution in [0.2, 0.25) is 0 Å². The van der Waals surface area contributed by atoms with Crippen LogP contribution in [0.15, 0.2) is 0 Å². The van der Waals surface area contributed by atoms with E-state index in [1.54, 1.807) is 0 Å². The van der Waals surface area contributed by atoms with Crippen molar-refractivity contribution in [3.63, 3.8) is 0 Å². The molecule has 3 saturated heterocycles. The Kier molecular flexibility index (Phi) is 2.67. The van der Waals surface area contributed by atoms with Gasteiger partial charge in [-0.3, -0.25) is 9.80 Å². The maximum absolute atomic E-state index is 5.48. The molecule has 0 aromatic carbocycles. The minimum atomic E-state index is 0.837. The molecule has 0 N–H and O–H groups in total. The zero-order valence-corrected chi connectivity index (χ0v) is 10.7. The first-order chi connectivity index (χ1) is 8.40. The van der Waals surface area contributed by atoms with Gasteiger partial charge < -0.3 is 4.74 Å². The number of rotatable bonds is 2. The molecular weight excluding hydrogens is 212 g/mol. The van der Waals surface area contributed by atoms with Crippen molar-refractivity contribution in [3.05, 3.63) is 0 Å². The van der Waals surface area contributed by atoms with E-state index in [2.05, 4.69) is 9.80 Å². The second-order valence-corrected chi connectivity index (χ2v) is 6.50. The summed E-state index contributed by atoms with van der Waals surface area (Å²) in [5.74, 6) is 1.97. The Morgan fingerprint density at radius 2 is 1.12 bits per heavy atom. The fraction of sp³-hybridized carbons (Fsp3) is 1.00. The SMILES string of the molecule is C1CC(N2CC3CN(C4CC4)CC3C2)CCO1. The molecule has 0 radical (unpaired) electrons. The Hall–Kier alpha value is -0.120. The molecule has 4 fully saturated rings. The summed E-state index contributed by atoms with van der Waals surface area (Å²) in [6.45, 7) is 7.52. The Morgan fingerprint density at radius 1 is 0.647 bits per heavy atom. The van der Waals surface area contributed by atoms with Crippen LogP contribution >= 0.6 is 0 Å². The van der Waals surface area contributed by atoms with Gasteiger partial charge in [0.25, 0.3) is 0 Å². The summed E-state index contributed by atoms with van der Waals surface area (Å²) in [6, 6.07) is 1.82. The highest BCUT2D eigenvalue weighted by Crippen LogP contribution is 2.38. The predicted molar refractivity (Wildman–Crippen MR) is 67.0 cm³/mol. The van der Waals surface area contributed by atoms with Crippen LogP contribution in [-0.2, 0) is 4.74 Å². The lowest BCUT2D eigenvalue weighted by Crippen LogP contribution is -2.40. The van der Waals surface area contributed by atoms with Gasteiger partial charge in [-0.05, 0) is 37.5 Å². The molecule has 0 aromatic heterocycles. The van der Waals surface area contributed by atoms with Crippen LogP contribution in [0.1, 0.15) is 25.7 Å². The van der Waals surface area contributed by atoms with E-state index in [1.807, 2.05) is 0 Å². The third kappa shape index (κ3) is 2.02. The van der Waals surface area contributed by atoms with Gasteiger partial charge in [0, 0.05) is 51.5 Å². The minimum Gasteiger partial charge on any atom is -0.381 e. The summed E-state index contributed by atoms with van der Waals surface area (Å²) in [7, 11) is 0. The second kappa shape index (κ2) is 4.22. The highest BCUT2D eigenvalue weighted by molar-refractivity contribution is 4.99. The summed E-state index contributed by atoms with van der Waals surface area (Å²) < 4.78 is 5.48. The highest BCUT2D eigenvalue weighted by Gasteiger charge is 2.45. The quantitative estimate of drug-likeness (QED) is 0.716. The average Bonchev–Trinajstić information content (AvgIpc) is 3.01. The largest absolute Gasteiger partial charge is 0.381 e. The maximum Gasteiger partial charge on any atom is 0.0480 e. The van der Waals surface area contributed by atoms with Gasteiger partial charge >= 0.3 is 0 Å². The molecule has 1 saturated carbocycles. The van der Waals surface area contributed by atoms with Gasteiger partial charge in [0.2, 0.25) is 0 Å². The number of likely N-dealkylation sites (tertiary alicyclic amines) is 2. The Morgan fingerprint density at radius 3 is 1.59 bits per heavy atom. The van der Waals surface area contributed by atoms with Crippen molar-refractivity contribution >= 4 is 0 Å². The summed E-state index contributed by atoms with van der Waals surface area (Å²) in [5, 5.41) is 0. The van der Waals surface area contributed by atoms with E-state index in [-0.39, 0.29) is 0 Å². The molecule has 2 atom stereocenters. The van der Waals surface area contributed by atoms with E-state index in [1.165, 1.54) is 51.9 Å². The van der Waals surface area contributed by atoms with Crippen LogP contribution in [0.3, 0.4) is 0 Å². The molecule has 1 aliphatic carbocycles. The average molecular weight is 236 g/mol. The van der Waals surface area contributed by atoms with E-state index in [4.69, 9.17) is 4.74 Å². The van der Waals surface area contributed by atoms with Gasteiger partial charge in [-0.15, -0.1) is 0 Å². The van der Waals surface area contributed by atoms with Gasteiger partial charge in [-0.25, -0.2) is 0 Å². The molecule has 3 heterocycles. The molecule has 3 nitrogen and oxygen atoms in total. The molecule has 0 bridgehead atoms. The maximum atomic E-state index is 5.48. The predicted octanol–water partition coefficient (Wildman–Crippen LogP) is 1.19. The monoisotopic (exact) mass is 236 g/mol. The van der Waals surface area contributed by atoms with E-state index in [0.717, 1.165) is 37.1 Å². The smallest absolute Gasteiger partial charge is 0.0480 e. The van der Waals surface area contributed by atoms with Crippen molar-refractivity contribution in [2.45, 2.75) is 37.8 Å². The first kappa shape index (κ1) is 10.8. The van der Waals surface area contributed by atoms with Crippen molar-refractivity contribution in [3.8, 4) is 0 Å². The zero-order chi connectivity index (χ0) is 11.2. The van der Waals surface area contributed by atoms with Gasteiger partial charge in [0.15, 0.2) is 0 Å². The van der Waals surface area contributed by atoms with E-state index in [9.17, 15) is 0 Å².